The Hall–Kier alpha value is -0.750. The Balaban J connectivity index is 2.82. The third-order valence-corrected chi connectivity index (χ3v) is 2.56. The maximum atomic E-state index is 12.2. The van der Waals surface area contributed by atoms with Crippen molar-refractivity contribution in [3.8, 4) is 5.75 Å². The first-order valence-corrected chi connectivity index (χ1v) is 5.26. The van der Waals surface area contributed by atoms with Gasteiger partial charge in [-0.2, -0.15) is 13.2 Å². The highest BCUT2D eigenvalue weighted by atomic mass is 79.9. The van der Waals surface area contributed by atoms with Crippen LogP contribution in [0.2, 0.25) is 0 Å². The van der Waals surface area contributed by atoms with Crippen LogP contribution in [0.4, 0.5) is 13.2 Å². The Morgan fingerprint density at radius 1 is 1.44 bits per heavy atom. The lowest BCUT2D eigenvalue weighted by molar-refractivity contribution is -0.189. The van der Waals surface area contributed by atoms with Crippen LogP contribution in [0.3, 0.4) is 0 Å². The van der Waals surface area contributed by atoms with Gasteiger partial charge < -0.3 is 9.84 Å². The Bertz CT molecular complexity index is 366. The SMILES string of the molecule is CC(Oc1ccc(CO)cc1Br)C(F)(F)F. The second-order valence-electron chi connectivity index (χ2n) is 3.22. The molecular weight excluding hydrogens is 289 g/mol. The molecule has 1 aromatic rings. The summed E-state index contributed by atoms with van der Waals surface area (Å²) in [6.07, 6.45) is -6.27. The van der Waals surface area contributed by atoms with Gasteiger partial charge in [-0.05, 0) is 40.5 Å². The maximum absolute atomic E-state index is 12.2. The van der Waals surface area contributed by atoms with E-state index in [0.717, 1.165) is 6.92 Å². The van der Waals surface area contributed by atoms with Crippen LogP contribution in [0.1, 0.15) is 12.5 Å². The summed E-state index contributed by atoms with van der Waals surface area (Å²) in [4.78, 5) is 0. The first-order valence-electron chi connectivity index (χ1n) is 4.47. The molecule has 0 fully saturated rings. The van der Waals surface area contributed by atoms with Crippen LogP contribution in [0.25, 0.3) is 0 Å². The quantitative estimate of drug-likeness (QED) is 0.928. The van der Waals surface area contributed by atoms with Crippen molar-refractivity contribution in [2.75, 3.05) is 0 Å². The van der Waals surface area contributed by atoms with E-state index in [1.165, 1.54) is 18.2 Å². The third kappa shape index (κ3) is 3.38. The molecule has 1 atom stereocenters. The number of rotatable bonds is 3. The second kappa shape index (κ2) is 5.05. The van der Waals surface area contributed by atoms with Gasteiger partial charge in [0, 0.05) is 0 Å². The molecule has 0 amide bonds. The summed E-state index contributed by atoms with van der Waals surface area (Å²) in [7, 11) is 0. The minimum Gasteiger partial charge on any atom is -0.480 e. The molecule has 0 radical (unpaired) electrons. The lowest BCUT2D eigenvalue weighted by Gasteiger charge is -2.18. The van der Waals surface area contributed by atoms with E-state index in [1.54, 1.807) is 0 Å². The van der Waals surface area contributed by atoms with Crippen molar-refractivity contribution in [2.45, 2.75) is 25.8 Å². The van der Waals surface area contributed by atoms with Gasteiger partial charge in [0.15, 0.2) is 6.10 Å². The zero-order valence-electron chi connectivity index (χ0n) is 8.38. The predicted molar refractivity (Wildman–Crippen MR) is 56.2 cm³/mol. The molecule has 0 saturated heterocycles. The minimum absolute atomic E-state index is 0.0991. The average molecular weight is 299 g/mol. The Labute approximate surface area is 99.2 Å². The highest BCUT2D eigenvalue weighted by molar-refractivity contribution is 9.10. The van der Waals surface area contributed by atoms with Gasteiger partial charge >= 0.3 is 6.18 Å². The number of alkyl halides is 3. The first kappa shape index (κ1) is 13.3. The zero-order chi connectivity index (χ0) is 12.3. The monoisotopic (exact) mass is 298 g/mol. The van der Waals surface area contributed by atoms with Crippen molar-refractivity contribution in [2.24, 2.45) is 0 Å². The summed E-state index contributed by atoms with van der Waals surface area (Å²) in [5, 5.41) is 8.82. The van der Waals surface area contributed by atoms with Gasteiger partial charge in [0.05, 0.1) is 11.1 Å². The van der Waals surface area contributed by atoms with E-state index in [1.807, 2.05) is 0 Å². The van der Waals surface area contributed by atoms with E-state index < -0.39 is 12.3 Å². The van der Waals surface area contributed by atoms with E-state index in [-0.39, 0.29) is 12.4 Å². The summed E-state index contributed by atoms with van der Waals surface area (Å²) in [6, 6.07) is 4.40. The van der Waals surface area contributed by atoms with E-state index in [4.69, 9.17) is 9.84 Å². The van der Waals surface area contributed by atoms with Crippen LogP contribution in [-0.4, -0.2) is 17.4 Å². The molecule has 16 heavy (non-hydrogen) atoms. The molecule has 90 valence electrons. The van der Waals surface area contributed by atoms with Gasteiger partial charge in [-0.1, -0.05) is 6.07 Å². The number of halogens is 4. The molecule has 6 heteroatoms. The van der Waals surface area contributed by atoms with Gasteiger partial charge in [-0.3, -0.25) is 0 Å². The van der Waals surface area contributed by atoms with Crippen LogP contribution in [-0.2, 0) is 6.61 Å². The van der Waals surface area contributed by atoms with Crippen molar-refractivity contribution >= 4 is 15.9 Å². The van der Waals surface area contributed by atoms with E-state index in [0.29, 0.717) is 10.0 Å². The predicted octanol–water partition coefficient (Wildman–Crippen LogP) is 3.27. The van der Waals surface area contributed by atoms with Crippen molar-refractivity contribution in [3.05, 3.63) is 28.2 Å². The van der Waals surface area contributed by atoms with Gasteiger partial charge in [0.25, 0.3) is 0 Å². The van der Waals surface area contributed by atoms with Gasteiger partial charge in [0.1, 0.15) is 5.75 Å². The summed E-state index contributed by atoms with van der Waals surface area (Å²) in [5.74, 6) is 0.0991. The molecule has 0 bridgehead atoms. The fraction of sp³-hybridized carbons (Fsp3) is 0.400. The molecule has 0 aliphatic heterocycles. The highest BCUT2D eigenvalue weighted by Crippen LogP contribution is 2.30. The fourth-order valence-corrected chi connectivity index (χ4v) is 1.52. The second-order valence-corrected chi connectivity index (χ2v) is 4.08. The number of benzene rings is 1. The van der Waals surface area contributed by atoms with Crippen molar-refractivity contribution in [1.82, 2.24) is 0 Å². The molecule has 0 saturated carbocycles. The number of hydrogen-bond acceptors (Lipinski definition) is 2. The molecule has 0 aliphatic rings. The molecule has 1 rings (SSSR count). The average Bonchev–Trinajstić information content (AvgIpc) is 2.19. The zero-order valence-corrected chi connectivity index (χ0v) is 9.97. The summed E-state index contributed by atoms with van der Waals surface area (Å²) < 4.78 is 41.8. The number of ether oxygens (including phenoxy) is 1. The molecule has 1 unspecified atom stereocenters. The number of aliphatic hydroxyl groups excluding tert-OH is 1. The molecule has 2 nitrogen and oxygen atoms in total. The van der Waals surface area contributed by atoms with Crippen LogP contribution in [0.5, 0.6) is 5.75 Å². The van der Waals surface area contributed by atoms with Crippen molar-refractivity contribution in [3.63, 3.8) is 0 Å². The summed E-state index contributed by atoms with van der Waals surface area (Å²) in [5.41, 5.74) is 0.596. The summed E-state index contributed by atoms with van der Waals surface area (Å²) in [6.45, 7) is 0.764. The number of hydrogen-bond donors (Lipinski definition) is 1. The smallest absolute Gasteiger partial charge is 0.425 e. The number of aliphatic hydroxyl groups is 1. The van der Waals surface area contributed by atoms with Crippen LogP contribution >= 0.6 is 15.9 Å². The van der Waals surface area contributed by atoms with E-state index in [2.05, 4.69) is 15.9 Å². The third-order valence-electron chi connectivity index (χ3n) is 1.94. The largest absolute Gasteiger partial charge is 0.480 e. The first-order chi connectivity index (χ1) is 7.34. The molecule has 0 aromatic heterocycles. The lowest BCUT2D eigenvalue weighted by Crippen LogP contribution is -2.31. The fourth-order valence-electron chi connectivity index (χ4n) is 0.996. The lowest BCUT2D eigenvalue weighted by atomic mass is 10.2. The Morgan fingerprint density at radius 2 is 2.06 bits per heavy atom. The van der Waals surface area contributed by atoms with E-state index >= 15 is 0 Å². The van der Waals surface area contributed by atoms with E-state index in [9.17, 15) is 13.2 Å². The standard InChI is InChI=1S/C10H10BrF3O2/c1-6(10(12,13)14)16-9-3-2-7(5-15)4-8(9)11/h2-4,6,15H,5H2,1H3. The van der Waals surface area contributed by atoms with Crippen molar-refractivity contribution in [1.29, 1.82) is 0 Å². The maximum Gasteiger partial charge on any atom is 0.425 e. The Morgan fingerprint density at radius 3 is 2.50 bits per heavy atom. The normalized spacial score (nSPS) is 13.6. The molecule has 0 heterocycles. The molecule has 1 N–H and O–H groups in total. The summed E-state index contributed by atoms with van der Waals surface area (Å²) >= 11 is 3.08. The topological polar surface area (TPSA) is 29.5 Å². The van der Waals surface area contributed by atoms with Crippen molar-refractivity contribution < 1.29 is 23.0 Å². The highest BCUT2D eigenvalue weighted by Gasteiger charge is 2.38. The van der Waals surface area contributed by atoms with Crippen LogP contribution in [0, 0.1) is 0 Å². The Kier molecular flexibility index (Phi) is 4.21. The van der Waals surface area contributed by atoms with Gasteiger partial charge in [-0.15, -0.1) is 0 Å². The molecule has 0 aliphatic carbocycles. The minimum atomic E-state index is -4.39. The molecule has 0 spiro atoms. The molecule has 1 aromatic carbocycles. The van der Waals surface area contributed by atoms with Crippen LogP contribution < -0.4 is 4.74 Å². The van der Waals surface area contributed by atoms with Gasteiger partial charge in [-0.25, -0.2) is 0 Å². The molecular formula is C10H10BrF3O2. The van der Waals surface area contributed by atoms with Gasteiger partial charge in [0.2, 0.25) is 0 Å². The van der Waals surface area contributed by atoms with Crippen LogP contribution in [0.15, 0.2) is 22.7 Å².